The number of carboxylic acid groups (broad SMARTS) is 2. The largest absolute Gasteiger partial charge is 0.481 e. The molecule has 0 aromatic carbocycles. The van der Waals surface area contributed by atoms with Crippen molar-refractivity contribution in [1.29, 1.82) is 0 Å². The monoisotopic (exact) mass is 454 g/mol. The van der Waals surface area contributed by atoms with Crippen molar-refractivity contribution >= 4 is 52.8 Å². The average molecular weight is 454 g/mol. The number of ether oxygens (including phenoxy) is 1. The highest BCUT2D eigenvalue weighted by Crippen LogP contribution is 2.40. The zero-order valence-corrected chi connectivity index (χ0v) is 17.2. The maximum absolute atomic E-state index is 12.5. The molecule has 1 saturated heterocycles. The fourth-order valence-corrected chi connectivity index (χ4v) is 5.07. The number of nitrogens with one attached hydrogen (secondary N) is 1. The molecule has 3 heterocycles. The first-order valence-corrected chi connectivity index (χ1v) is 10.8. The summed E-state index contributed by atoms with van der Waals surface area (Å²) in [6.45, 7) is -0.348. The van der Waals surface area contributed by atoms with Crippen molar-refractivity contribution in [2.24, 2.45) is 0 Å². The number of hydrogen-bond acceptors (Lipinski definition) is 8. The van der Waals surface area contributed by atoms with Gasteiger partial charge in [-0.05, 0) is 11.4 Å². The van der Waals surface area contributed by atoms with Gasteiger partial charge >= 0.3 is 17.9 Å². The number of β-lactam (4-membered cyclic amide) rings is 1. The maximum atomic E-state index is 12.5. The molecule has 3 N–H and O–H groups in total. The maximum Gasteiger partial charge on any atom is 0.352 e. The number of hydrogen-bond donors (Lipinski definition) is 3. The average Bonchev–Trinajstić information content (AvgIpc) is 3.20. The summed E-state index contributed by atoms with van der Waals surface area (Å²) in [5.74, 6) is -3.93. The van der Waals surface area contributed by atoms with E-state index in [4.69, 9.17) is 9.84 Å². The van der Waals surface area contributed by atoms with Crippen LogP contribution in [0.15, 0.2) is 28.8 Å². The van der Waals surface area contributed by atoms with Gasteiger partial charge in [0.15, 0.2) is 0 Å². The van der Waals surface area contributed by atoms with Crippen molar-refractivity contribution in [2.75, 3.05) is 12.4 Å². The smallest absolute Gasteiger partial charge is 0.352 e. The number of carbonyl (C=O) groups excluding carboxylic acids is 3. The van der Waals surface area contributed by atoms with Crippen LogP contribution in [0.3, 0.4) is 0 Å². The molecule has 0 unspecified atom stereocenters. The minimum Gasteiger partial charge on any atom is -0.481 e. The lowest BCUT2D eigenvalue weighted by atomic mass is 10.0. The van der Waals surface area contributed by atoms with Gasteiger partial charge < -0.3 is 20.3 Å². The van der Waals surface area contributed by atoms with Crippen molar-refractivity contribution < 1.29 is 38.9 Å². The SMILES string of the molecule is O=C(O)CCC(=O)OCC1=C(C(=O)O)N2C(=O)[C@@H](NC(=O)Cc3cccs3)[C@H]2SC1. The second-order valence-corrected chi connectivity index (χ2v) is 8.66. The predicted molar refractivity (Wildman–Crippen MR) is 106 cm³/mol. The van der Waals surface area contributed by atoms with E-state index < -0.39 is 41.7 Å². The van der Waals surface area contributed by atoms with Gasteiger partial charge in [0, 0.05) is 16.2 Å². The molecule has 0 radical (unpaired) electrons. The van der Waals surface area contributed by atoms with Crippen LogP contribution in [-0.2, 0) is 35.1 Å². The van der Waals surface area contributed by atoms with Gasteiger partial charge in [0.1, 0.15) is 23.7 Å². The third-order valence-corrected chi connectivity index (χ3v) is 6.65. The summed E-state index contributed by atoms with van der Waals surface area (Å²) in [5, 5.41) is 22.1. The Morgan fingerprint density at radius 1 is 1.23 bits per heavy atom. The summed E-state index contributed by atoms with van der Waals surface area (Å²) in [4.78, 5) is 60.5. The second-order valence-electron chi connectivity index (χ2n) is 6.52. The molecule has 1 aromatic rings. The van der Waals surface area contributed by atoms with E-state index in [-0.39, 0.29) is 42.4 Å². The summed E-state index contributed by atoms with van der Waals surface area (Å²) in [6.07, 6.45) is -0.586. The highest BCUT2D eigenvalue weighted by atomic mass is 32.2. The lowest BCUT2D eigenvalue weighted by molar-refractivity contribution is -0.151. The fourth-order valence-electron chi connectivity index (χ4n) is 3.04. The first-order valence-electron chi connectivity index (χ1n) is 8.87. The number of thiophene rings is 1. The Morgan fingerprint density at radius 2 is 2.00 bits per heavy atom. The molecule has 1 aromatic heterocycles. The van der Waals surface area contributed by atoms with Crippen LogP contribution in [0.25, 0.3) is 0 Å². The minimum absolute atomic E-state index is 0.137. The van der Waals surface area contributed by atoms with Crippen LogP contribution in [0.4, 0.5) is 0 Å². The predicted octanol–water partition coefficient (Wildman–Crippen LogP) is 0.437. The quantitative estimate of drug-likeness (QED) is 0.357. The van der Waals surface area contributed by atoms with E-state index in [0.717, 1.165) is 9.78 Å². The molecule has 0 spiro atoms. The summed E-state index contributed by atoms with van der Waals surface area (Å²) < 4.78 is 4.96. The van der Waals surface area contributed by atoms with E-state index in [0.29, 0.717) is 0 Å². The molecule has 2 aliphatic heterocycles. The van der Waals surface area contributed by atoms with Gasteiger partial charge in [0.05, 0.1) is 19.3 Å². The van der Waals surface area contributed by atoms with Crippen LogP contribution in [0.5, 0.6) is 0 Å². The molecular weight excluding hydrogens is 436 g/mol. The number of rotatable bonds is 9. The van der Waals surface area contributed by atoms with E-state index in [1.54, 1.807) is 0 Å². The number of fused-ring (bicyclic) bond motifs is 1. The van der Waals surface area contributed by atoms with E-state index >= 15 is 0 Å². The molecule has 0 saturated carbocycles. The summed E-state index contributed by atoms with van der Waals surface area (Å²) in [7, 11) is 0. The van der Waals surface area contributed by atoms with Gasteiger partial charge in [-0.3, -0.25) is 24.1 Å². The van der Waals surface area contributed by atoms with E-state index in [1.165, 1.54) is 23.1 Å². The molecular formula is C18H18N2O8S2. The molecule has 12 heteroatoms. The van der Waals surface area contributed by atoms with Crippen molar-refractivity contribution in [3.8, 4) is 0 Å². The third kappa shape index (κ3) is 4.82. The number of nitrogens with zero attached hydrogens (tertiary/aromatic N) is 1. The van der Waals surface area contributed by atoms with Gasteiger partial charge in [-0.1, -0.05) is 6.07 Å². The van der Waals surface area contributed by atoms with Gasteiger partial charge in [-0.2, -0.15) is 0 Å². The molecule has 0 bridgehead atoms. The first kappa shape index (κ1) is 21.8. The Kier molecular flexibility index (Phi) is 6.77. The molecule has 2 atom stereocenters. The van der Waals surface area contributed by atoms with E-state index in [1.807, 2.05) is 17.5 Å². The molecule has 3 rings (SSSR count). The highest BCUT2D eigenvalue weighted by molar-refractivity contribution is 8.00. The summed E-state index contributed by atoms with van der Waals surface area (Å²) >= 11 is 2.68. The second kappa shape index (κ2) is 9.30. The molecule has 0 aliphatic carbocycles. The van der Waals surface area contributed by atoms with Gasteiger partial charge in [-0.25, -0.2) is 4.79 Å². The summed E-state index contributed by atoms with van der Waals surface area (Å²) in [6, 6.07) is 2.81. The standard InChI is InChI=1S/C18H18N2O8S2/c21-11(6-10-2-1-5-29-10)19-14-16(25)20-15(18(26)27)9(8-30-17(14)20)7-28-13(24)4-3-12(22)23/h1-2,5,14,17H,3-4,6-8H2,(H,19,21)(H,22,23)(H,26,27)/t14-,17-/m1/s1. The number of carboxylic acids is 2. The molecule has 1 fully saturated rings. The Balaban J connectivity index is 1.62. The van der Waals surface area contributed by atoms with Gasteiger partial charge in [0.25, 0.3) is 5.91 Å². The number of carbonyl (C=O) groups is 5. The van der Waals surface area contributed by atoms with Gasteiger partial charge in [0.2, 0.25) is 5.91 Å². The number of esters is 1. The number of aliphatic carboxylic acids is 2. The van der Waals surface area contributed by atoms with Crippen LogP contribution in [0, 0.1) is 0 Å². The zero-order chi connectivity index (χ0) is 21.8. The number of amides is 2. The molecule has 10 nitrogen and oxygen atoms in total. The van der Waals surface area contributed by atoms with Crippen molar-refractivity contribution in [2.45, 2.75) is 30.7 Å². The zero-order valence-electron chi connectivity index (χ0n) is 15.5. The Labute approximate surface area is 178 Å². The summed E-state index contributed by atoms with van der Waals surface area (Å²) in [5.41, 5.74) is -0.0253. The van der Waals surface area contributed by atoms with Crippen molar-refractivity contribution in [3.05, 3.63) is 33.7 Å². The van der Waals surface area contributed by atoms with Crippen molar-refractivity contribution in [3.63, 3.8) is 0 Å². The normalized spacial score (nSPS) is 20.3. The highest BCUT2D eigenvalue weighted by Gasteiger charge is 2.54. The van der Waals surface area contributed by atoms with Crippen LogP contribution < -0.4 is 5.32 Å². The van der Waals surface area contributed by atoms with E-state index in [2.05, 4.69) is 5.32 Å². The van der Waals surface area contributed by atoms with E-state index in [9.17, 15) is 29.1 Å². The minimum atomic E-state index is -1.34. The Bertz CT molecular complexity index is 911. The number of thioether (sulfide) groups is 1. The topological polar surface area (TPSA) is 150 Å². The Morgan fingerprint density at radius 3 is 2.63 bits per heavy atom. The Hall–Kier alpha value is -2.86. The molecule has 2 amide bonds. The van der Waals surface area contributed by atoms with Gasteiger partial charge in [-0.15, -0.1) is 23.1 Å². The molecule has 30 heavy (non-hydrogen) atoms. The van der Waals surface area contributed by atoms with Crippen LogP contribution in [0.2, 0.25) is 0 Å². The van der Waals surface area contributed by atoms with Crippen LogP contribution in [-0.4, -0.2) is 68.6 Å². The lowest BCUT2D eigenvalue weighted by Crippen LogP contribution is -2.70. The lowest BCUT2D eigenvalue weighted by Gasteiger charge is -2.49. The molecule has 2 aliphatic rings. The van der Waals surface area contributed by atoms with Crippen LogP contribution in [0.1, 0.15) is 17.7 Å². The van der Waals surface area contributed by atoms with Crippen molar-refractivity contribution in [1.82, 2.24) is 10.2 Å². The fraction of sp³-hybridized carbons (Fsp3) is 0.389. The van der Waals surface area contributed by atoms with Crippen LogP contribution >= 0.6 is 23.1 Å². The first-order chi connectivity index (χ1) is 14.3. The third-order valence-electron chi connectivity index (χ3n) is 4.43. The molecule has 160 valence electrons.